The van der Waals surface area contributed by atoms with E-state index in [9.17, 15) is 9.18 Å². The number of ether oxygens (including phenoxy) is 1. The number of hydrogen-bond acceptors (Lipinski definition) is 2. The molecular weight excluding hydrogens is 195 g/mol. The van der Waals surface area contributed by atoms with Crippen LogP contribution in [0.1, 0.15) is 35.7 Å². The lowest BCUT2D eigenvalue weighted by Crippen LogP contribution is -2.08. The van der Waals surface area contributed by atoms with Gasteiger partial charge in [-0.15, -0.1) is 0 Å². The molecule has 0 saturated carbocycles. The molecule has 82 valence electrons. The van der Waals surface area contributed by atoms with Crippen LogP contribution >= 0.6 is 0 Å². The fourth-order valence-electron chi connectivity index (χ4n) is 1.20. The Morgan fingerprint density at radius 1 is 1.47 bits per heavy atom. The Morgan fingerprint density at radius 3 is 2.87 bits per heavy atom. The van der Waals surface area contributed by atoms with Crippen LogP contribution in [0, 0.1) is 12.7 Å². The Bertz CT molecular complexity index is 347. The van der Waals surface area contributed by atoms with Crippen LogP contribution < -0.4 is 0 Å². The highest BCUT2D eigenvalue weighted by Crippen LogP contribution is 2.11. The van der Waals surface area contributed by atoms with Crippen molar-refractivity contribution in [3.63, 3.8) is 0 Å². The Morgan fingerprint density at radius 2 is 2.20 bits per heavy atom. The summed E-state index contributed by atoms with van der Waals surface area (Å²) in [5.41, 5.74) is 1.05. The molecule has 1 aromatic carbocycles. The summed E-state index contributed by atoms with van der Waals surface area (Å²) in [5, 5.41) is 0. The fraction of sp³-hybridized carbons (Fsp3) is 0.417. The van der Waals surface area contributed by atoms with E-state index in [0.717, 1.165) is 18.4 Å². The zero-order valence-corrected chi connectivity index (χ0v) is 9.05. The van der Waals surface area contributed by atoms with Crippen molar-refractivity contribution in [3.05, 3.63) is 35.1 Å². The maximum atomic E-state index is 12.9. The zero-order chi connectivity index (χ0) is 11.3. The van der Waals surface area contributed by atoms with Gasteiger partial charge in [-0.25, -0.2) is 9.18 Å². The van der Waals surface area contributed by atoms with Crippen LogP contribution in [0.2, 0.25) is 0 Å². The summed E-state index contributed by atoms with van der Waals surface area (Å²) >= 11 is 0. The van der Waals surface area contributed by atoms with E-state index < -0.39 is 11.8 Å². The molecule has 0 bridgehead atoms. The van der Waals surface area contributed by atoms with Gasteiger partial charge in [-0.05, 0) is 31.0 Å². The minimum atomic E-state index is -0.444. The van der Waals surface area contributed by atoms with Crippen LogP contribution in [0.15, 0.2) is 18.2 Å². The third-order valence-corrected chi connectivity index (χ3v) is 2.15. The summed E-state index contributed by atoms with van der Waals surface area (Å²) in [6, 6.07) is 4.12. The molecule has 0 aliphatic carbocycles. The van der Waals surface area contributed by atoms with Crippen molar-refractivity contribution in [2.24, 2.45) is 0 Å². The number of aryl methyl sites for hydroxylation is 1. The highest BCUT2D eigenvalue weighted by Gasteiger charge is 2.10. The second-order valence-electron chi connectivity index (χ2n) is 3.45. The maximum absolute atomic E-state index is 12.9. The van der Waals surface area contributed by atoms with Crippen molar-refractivity contribution < 1.29 is 13.9 Å². The fourth-order valence-corrected chi connectivity index (χ4v) is 1.20. The number of rotatable bonds is 4. The van der Waals surface area contributed by atoms with E-state index in [1.165, 1.54) is 12.1 Å². The Labute approximate surface area is 89.1 Å². The van der Waals surface area contributed by atoms with E-state index in [1.54, 1.807) is 13.0 Å². The van der Waals surface area contributed by atoms with Gasteiger partial charge in [0.05, 0.1) is 12.2 Å². The molecule has 0 radical (unpaired) electrons. The molecule has 0 fully saturated rings. The van der Waals surface area contributed by atoms with Crippen LogP contribution in [0.4, 0.5) is 4.39 Å². The first kappa shape index (κ1) is 11.7. The molecular formula is C12H15FO2. The highest BCUT2D eigenvalue weighted by molar-refractivity contribution is 5.90. The molecule has 0 aromatic heterocycles. The topological polar surface area (TPSA) is 26.3 Å². The molecule has 3 heteroatoms. The molecule has 0 atom stereocenters. The van der Waals surface area contributed by atoms with E-state index in [4.69, 9.17) is 4.74 Å². The van der Waals surface area contributed by atoms with Gasteiger partial charge in [0.25, 0.3) is 0 Å². The van der Waals surface area contributed by atoms with Crippen LogP contribution in [-0.2, 0) is 4.74 Å². The van der Waals surface area contributed by atoms with Crippen molar-refractivity contribution in [3.8, 4) is 0 Å². The van der Waals surface area contributed by atoms with E-state index in [0.29, 0.717) is 12.2 Å². The quantitative estimate of drug-likeness (QED) is 0.564. The van der Waals surface area contributed by atoms with Gasteiger partial charge in [-0.3, -0.25) is 0 Å². The van der Waals surface area contributed by atoms with Crippen molar-refractivity contribution in [1.82, 2.24) is 0 Å². The summed E-state index contributed by atoms with van der Waals surface area (Å²) in [5.74, 6) is -0.858. The van der Waals surface area contributed by atoms with Gasteiger partial charge in [-0.1, -0.05) is 19.4 Å². The number of carbonyl (C=O) groups is 1. The summed E-state index contributed by atoms with van der Waals surface area (Å²) in [6.07, 6.45) is 1.80. The lowest BCUT2D eigenvalue weighted by atomic mass is 10.1. The number of carbonyl (C=O) groups excluding carboxylic acids is 1. The van der Waals surface area contributed by atoms with E-state index in [-0.39, 0.29) is 0 Å². The molecule has 0 amide bonds. The largest absolute Gasteiger partial charge is 0.462 e. The molecule has 0 saturated heterocycles. The second kappa shape index (κ2) is 5.49. The lowest BCUT2D eigenvalue weighted by Gasteiger charge is -2.06. The van der Waals surface area contributed by atoms with E-state index >= 15 is 0 Å². The first-order valence-electron chi connectivity index (χ1n) is 5.08. The zero-order valence-electron chi connectivity index (χ0n) is 9.05. The molecule has 0 aliphatic heterocycles. The summed E-state index contributed by atoms with van der Waals surface area (Å²) < 4.78 is 17.9. The average molecular weight is 210 g/mol. The lowest BCUT2D eigenvalue weighted by molar-refractivity contribution is 0.0498. The summed E-state index contributed by atoms with van der Waals surface area (Å²) in [4.78, 5) is 11.5. The van der Waals surface area contributed by atoms with Gasteiger partial charge >= 0.3 is 5.97 Å². The number of benzene rings is 1. The third-order valence-electron chi connectivity index (χ3n) is 2.15. The Kier molecular flexibility index (Phi) is 4.28. The van der Waals surface area contributed by atoms with Gasteiger partial charge < -0.3 is 4.74 Å². The van der Waals surface area contributed by atoms with Gasteiger partial charge in [0.2, 0.25) is 0 Å². The molecule has 1 rings (SSSR count). The van der Waals surface area contributed by atoms with Gasteiger partial charge in [0.15, 0.2) is 0 Å². The van der Waals surface area contributed by atoms with Crippen molar-refractivity contribution >= 4 is 5.97 Å². The Balaban J connectivity index is 2.68. The van der Waals surface area contributed by atoms with Gasteiger partial charge in [0.1, 0.15) is 5.82 Å². The minimum absolute atomic E-state index is 0.311. The van der Waals surface area contributed by atoms with Gasteiger partial charge in [0, 0.05) is 0 Å². The predicted octanol–water partition coefficient (Wildman–Crippen LogP) is 3.09. The molecule has 15 heavy (non-hydrogen) atoms. The SMILES string of the molecule is CCCCOC(=O)c1cc(F)ccc1C. The third kappa shape index (κ3) is 3.35. The smallest absolute Gasteiger partial charge is 0.338 e. The Hall–Kier alpha value is -1.38. The summed E-state index contributed by atoms with van der Waals surface area (Å²) in [6.45, 7) is 4.17. The molecule has 1 aromatic rings. The van der Waals surface area contributed by atoms with Gasteiger partial charge in [-0.2, -0.15) is 0 Å². The van der Waals surface area contributed by atoms with Crippen LogP contribution in [-0.4, -0.2) is 12.6 Å². The predicted molar refractivity (Wildman–Crippen MR) is 56.3 cm³/mol. The number of unbranched alkanes of at least 4 members (excludes halogenated alkanes) is 1. The molecule has 0 heterocycles. The molecule has 0 N–H and O–H groups in total. The standard InChI is InChI=1S/C12H15FO2/c1-3-4-7-15-12(14)11-8-10(13)6-5-9(11)2/h5-6,8H,3-4,7H2,1-2H3. The van der Waals surface area contributed by atoms with Crippen molar-refractivity contribution in [2.75, 3.05) is 6.61 Å². The first-order valence-corrected chi connectivity index (χ1v) is 5.08. The van der Waals surface area contributed by atoms with E-state index in [1.807, 2.05) is 6.92 Å². The van der Waals surface area contributed by atoms with Crippen molar-refractivity contribution in [1.29, 1.82) is 0 Å². The molecule has 0 aliphatic rings. The van der Waals surface area contributed by atoms with E-state index in [2.05, 4.69) is 0 Å². The molecule has 0 unspecified atom stereocenters. The minimum Gasteiger partial charge on any atom is -0.462 e. The summed E-state index contributed by atoms with van der Waals surface area (Å²) in [7, 11) is 0. The van der Waals surface area contributed by atoms with Crippen LogP contribution in [0.5, 0.6) is 0 Å². The average Bonchev–Trinajstić information content (AvgIpc) is 2.22. The second-order valence-corrected chi connectivity index (χ2v) is 3.45. The first-order chi connectivity index (χ1) is 7.15. The molecule has 2 nitrogen and oxygen atoms in total. The normalized spacial score (nSPS) is 10.1. The maximum Gasteiger partial charge on any atom is 0.338 e. The number of esters is 1. The molecule has 0 spiro atoms. The van der Waals surface area contributed by atoms with Crippen molar-refractivity contribution in [2.45, 2.75) is 26.7 Å². The monoisotopic (exact) mass is 210 g/mol. The number of halogens is 1. The highest BCUT2D eigenvalue weighted by atomic mass is 19.1. The number of hydrogen-bond donors (Lipinski definition) is 0. The van der Waals surface area contributed by atoms with Crippen LogP contribution in [0.3, 0.4) is 0 Å². The van der Waals surface area contributed by atoms with Crippen LogP contribution in [0.25, 0.3) is 0 Å².